The molecule has 0 aliphatic carbocycles. The van der Waals surface area contributed by atoms with Gasteiger partial charge in [0.25, 0.3) is 5.91 Å². The van der Waals surface area contributed by atoms with Gasteiger partial charge in [-0.15, -0.1) is 0 Å². The number of esters is 1. The van der Waals surface area contributed by atoms with Crippen molar-refractivity contribution in [1.82, 2.24) is 4.90 Å². The fourth-order valence-electron chi connectivity index (χ4n) is 4.96. The van der Waals surface area contributed by atoms with E-state index in [0.29, 0.717) is 34.0 Å². The number of nitrogens with zero attached hydrogens (tertiary/aromatic N) is 1. The monoisotopic (exact) mass is 441 g/mol. The third-order valence-electron chi connectivity index (χ3n) is 6.57. The molecule has 0 radical (unpaired) electrons. The molecule has 0 bridgehead atoms. The van der Waals surface area contributed by atoms with Gasteiger partial charge < -0.3 is 14.1 Å². The molecule has 0 N–H and O–H groups in total. The van der Waals surface area contributed by atoms with E-state index in [9.17, 15) is 9.59 Å². The van der Waals surface area contributed by atoms with Gasteiger partial charge in [0.1, 0.15) is 17.1 Å². The highest BCUT2D eigenvalue weighted by molar-refractivity contribution is 6.16. The highest BCUT2D eigenvalue weighted by Crippen LogP contribution is 2.38. The Labute approximate surface area is 192 Å². The fraction of sp³-hybridized carbons (Fsp3) is 0.286. The van der Waals surface area contributed by atoms with E-state index in [1.165, 1.54) is 12.5 Å². The molecule has 1 saturated heterocycles. The van der Waals surface area contributed by atoms with Gasteiger partial charge in [-0.3, -0.25) is 9.59 Å². The number of benzene rings is 3. The number of hydrogen-bond acceptors (Lipinski definition) is 4. The molecule has 0 spiro atoms. The third kappa shape index (κ3) is 4.11. The topological polar surface area (TPSA) is 59.8 Å². The Bertz CT molecular complexity index is 1330. The van der Waals surface area contributed by atoms with E-state index in [0.717, 1.165) is 43.1 Å². The average Bonchev–Trinajstić information content (AvgIpc) is 3.15. The van der Waals surface area contributed by atoms with Crippen LogP contribution in [-0.4, -0.2) is 29.9 Å². The van der Waals surface area contributed by atoms with Crippen LogP contribution in [0.25, 0.3) is 21.7 Å². The number of ether oxygens (including phenoxy) is 1. The Balaban J connectivity index is 1.44. The number of likely N-dealkylation sites (tertiary alicyclic amines) is 1. The van der Waals surface area contributed by atoms with Crippen LogP contribution in [0.1, 0.15) is 41.4 Å². The standard InChI is InChI=1S/C28H27NO4/c1-18-26(28(31)29-14-12-21(13-15-29)16-20-8-4-3-5-9-20)24-17-25(33-19(2)30)22-10-6-7-11-23(22)27(24)32-18/h3-11,17,21H,12-16H2,1-2H3. The summed E-state index contributed by atoms with van der Waals surface area (Å²) in [5.41, 5.74) is 2.57. The first-order chi connectivity index (χ1) is 16.0. The van der Waals surface area contributed by atoms with Gasteiger partial charge in [-0.1, -0.05) is 54.6 Å². The van der Waals surface area contributed by atoms with Gasteiger partial charge in [-0.25, -0.2) is 0 Å². The molecule has 4 aromatic rings. The average molecular weight is 442 g/mol. The molecule has 0 saturated carbocycles. The predicted octanol–water partition coefficient (Wildman–Crippen LogP) is 5.91. The molecule has 5 rings (SSSR count). The summed E-state index contributed by atoms with van der Waals surface area (Å²) in [5, 5.41) is 2.31. The first-order valence-corrected chi connectivity index (χ1v) is 11.5. The summed E-state index contributed by atoms with van der Waals surface area (Å²) in [6.45, 7) is 4.67. The van der Waals surface area contributed by atoms with Crippen molar-refractivity contribution < 1.29 is 18.7 Å². The summed E-state index contributed by atoms with van der Waals surface area (Å²) in [4.78, 5) is 27.2. The second-order valence-corrected chi connectivity index (χ2v) is 8.85. The van der Waals surface area contributed by atoms with E-state index in [-0.39, 0.29) is 5.91 Å². The number of carbonyl (C=O) groups excluding carboxylic acids is 2. The molecule has 2 heterocycles. The minimum Gasteiger partial charge on any atom is -0.460 e. The number of aryl methyl sites for hydroxylation is 1. The quantitative estimate of drug-likeness (QED) is 0.292. The van der Waals surface area contributed by atoms with Crippen molar-refractivity contribution in [2.75, 3.05) is 13.1 Å². The van der Waals surface area contributed by atoms with Crippen molar-refractivity contribution in [3.05, 3.63) is 77.6 Å². The summed E-state index contributed by atoms with van der Waals surface area (Å²) in [5.74, 6) is 1.20. The SMILES string of the molecule is CC(=O)Oc1cc2c(C(=O)N3CCC(Cc4ccccc4)CC3)c(C)oc2c2ccccc12. The lowest BCUT2D eigenvalue weighted by Crippen LogP contribution is -2.39. The second kappa shape index (κ2) is 8.74. The van der Waals surface area contributed by atoms with Gasteiger partial charge >= 0.3 is 5.97 Å². The molecule has 5 heteroatoms. The van der Waals surface area contributed by atoms with E-state index in [2.05, 4.69) is 24.3 Å². The maximum Gasteiger partial charge on any atom is 0.308 e. The Kier molecular flexibility index (Phi) is 5.63. The summed E-state index contributed by atoms with van der Waals surface area (Å²) < 4.78 is 11.6. The van der Waals surface area contributed by atoms with E-state index in [1.807, 2.05) is 42.2 Å². The van der Waals surface area contributed by atoms with Gasteiger partial charge in [0.2, 0.25) is 0 Å². The van der Waals surface area contributed by atoms with Crippen LogP contribution in [0.3, 0.4) is 0 Å². The van der Waals surface area contributed by atoms with E-state index in [1.54, 1.807) is 6.07 Å². The van der Waals surface area contributed by atoms with Crippen molar-refractivity contribution in [1.29, 1.82) is 0 Å². The summed E-state index contributed by atoms with van der Waals surface area (Å²) >= 11 is 0. The number of rotatable bonds is 4. The Morgan fingerprint density at radius 2 is 1.64 bits per heavy atom. The van der Waals surface area contributed by atoms with Crippen molar-refractivity contribution in [3.63, 3.8) is 0 Å². The van der Waals surface area contributed by atoms with Crippen LogP contribution in [0.4, 0.5) is 0 Å². The first kappa shape index (κ1) is 21.3. The number of amides is 1. The van der Waals surface area contributed by atoms with Crippen molar-refractivity contribution >= 4 is 33.6 Å². The molecule has 3 aromatic carbocycles. The van der Waals surface area contributed by atoms with Gasteiger partial charge in [0.15, 0.2) is 0 Å². The molecule has 5 nitrogen and oxygen atoms in total. The van der Waals surface area contributed by atoms with Gasteiger partial charge in [-0.05, 0) is 43.7 Å². The molecule has 33 heavy (non-hydrogen) atoms. The fourth-order valence-corrected chi connectivity index (χ4v) is 4.96. The molecule has 1 aromatic heterocycles. The molecule has 1 aliphatic heterocycles. The van der Waals surface area contributed by atoms with Crippen LogP contribution in [0.5, 0.6) is 5.75 Å². The van der Waals surface area contributed by atoms with Crippen molar-refractivity contribution in [2.45, 2.75) is 33.1 Å². The van der Waals surface area contributed by atoms with Crippen LogP contribution in [0, 0.1) is 12.8 Å². The molecular weight excluding hydrogens is 414 g/mol. The van der Waals surface area contributed by atoms with Crippen LogP contribution in [0.15, 0.2) is 65.1 Å². The molecule has 1 aliphatic rings. The van der Waals surface area contributed by atoms with E-state index in [4.69, 9.17) is 9.15 Å². The summed E-state index contributed by atoms with van der Waals surface area (Å²) in [7, 11) is 0. The smallest absolute Gasteiger partial charge is 0.308 e. The number of furan rings is 1. The number of hydrogen-bond donors (Lipinski definition) is 0. The lowest BCUT2D eigenvalue weighted by atomic mass is 9.90. The zero-order valence-electron chi connectivity index (χ0n) is 19.0. The zero-order chi connectivity index (χ0) is 22.9. The normalized spacial score (nSPS) is 14.7. The highest BCUT2D eigenvalue weighted by Gasteiger charge is 2.29. The van der Waals surface area contributed by atoms with Crippen LogP contribution in [0.2, 0.25) is 0 Å². The lowest BCUT2D eigenvalue weighted by Gasteiger charge is -2.32. The summed E-state index contributed by atoms with van der Waals surface area (Å²) in [6.07, 6.45) is 3.02. The van der Waals surface area contributed by atoms with Gasteiger partial charge in [0, 0.05) is 36.2 Å². The van der Waals surface area contributed by atoms with Crippen LogP contribution in [-0.2, 0) is 11.2 Å². The Morgan fingerprint density at radius 3 is 2.33 bits per heavy atom. The molecule has 0 unspecified atom stereocenters. The summed E-state index contributed by atoms with van der Waals surface area (Å²) in [6, 6.07) is 19.9. The van der Waals surface area contributed by atoms with Crippen LogP contribution >= 0.6 is 0 Å². The van der Waals surface area contributed by atoms with E-state index >= 15 is 0 Å². The molecule has 1 fully saturated rings. The maximum absolute atomic E-state index is 13.6. The number of carbonyl (C=O) groups is 2. The van der Waals surface area contributed by atoms with Crippen molar-refractivity contribution in [3.8, 4) is 5.75 Å². The van der Waals surface area contributed by atoms with E-state index < -0.39 is 5.97 Å². The van der Waals surface area contributed by atoms with Crippen LogP contribution < -0.4 is 4.74 Å². The highest BCUT2D eigenvalue weighted by atomic mass is 16.5. The second-order valence-electron chi connectivity index (χ2n) is 8.85. The Hall–Kier alpha value is -3.60. The predicted molar refractivity (Wildman–Crippen MR) is 129 cm³/mol. The first-order valence-electron chi connectivity index (χ1n) is 11.5. The molecule has 1 amide bonds. The number of fused-ring (bicyclic) bond motifs is 3. The number of piperidine rings is 1. The minimum absolute atomic E-state index is 0.0199. The Morgan fingerprint density at radius 1 is 0.970 bits per heavy atom. The van der Waals surface area contributed by atoms with Crippen molar-refractivity contribution in [2.24, 2.45) is 5.92 Å². The lowest BCUT2D eigenvalue weighted by molar-refractivity contribution is -0.131. The molecule has 168 valence electrons. The maximum atomic E-state index is 13.6. The molecule has 0 atom stereocenters. The zero-order valence-corrected chi connectivity index (χ0v) is 19.0. The third-order valence-corrected chi connectivity index (χ3v) is 6.57. The minimum atomic E-state index is -0.395. The van der Waals surface area contributed by atoms with Gasteiger partial charge in [-0.2, -0.15) is 0 Å². The largest absolute Gasteiger partial charge is 0.460 e. The van der Waals surface area contributed by atoms with Gasteiger partial charge in [0.05, 0.1) is 5.56 Å². The molecular formula is C28H27NO4.